The van der Waals surface area contributed by atoms with Crippen LogP contribution in [0.3, 0.4) is 0 Å². The summed E-state index contributed by atoms with van der Waals surface area (Å²) in [5, 5.41) is 0. The molecule has 96 valence electrons. The lowest BCUT2D eigenvalue weighted by Gasteiger charge is -2.52. The van der Waals surface area contributed by atoms with Gasteiger partial charge < -0.3 is 0 Å². The van der Waals surface area contributed by atoms with E-state index in [4.69, 9.17) is 0 Å². The SMILES string of the molecule is CCCCN1C(C)(C)CS(=O)(=O)CC1(C)C. The molecule has 4 heteroatoms. The van der Waals surface area contributed by atoms with E-state index in [2.05, 4.69) is 11.8 Å². The summed E-state index contributed by atoms with van der Waals surface area (Å²) in [6.07, 6.45) is 2.28. The maximum Gasteiger partial charge on any atom is 0.153 e. The second-order valence-electron chi connectivity index (χ2n) is 6.16. The Kier molecular flexibility index (Phi) is 3.75. The van der Waals surface area contributed by atoms with Crippen molar-refractivity contribution in [1.29, 1.82) is 0 Å². The van der Waals surface area contributed by atoms with Crippen LogP contribution in [0.5, 0.6) is 0 Å². The van der Waals surface area contributed by atoms with Crippen molar-refractivity contribution >= 4 is 9.84 Å². The molecule has 0 N–H and O–H groups in total. The normalized spacial score (nSPS) is 27.8. The minimum atomic E-state index is -2.90. The van der Waals surface area contributed by atoms with Gasteiger partial charge in [0.15, 0.2) is 9.84 Å². The Morgan fingerprint density at radius 1 is 1.06 bits per heavy atom. The molecule has 1 heterocycles. The minimum absolute atomic E-state index is 0.240. The Balaban J connectivity index is 2.97. The predicted molar refractivity (Wildman–Crippen MR) is 68.4 cm³/mol. The number of rotatable bonds is 3. The third-order valence-corrected chi connectivity index (χ3v) is 5.64. The lowest BCUT2D eigenvalue weighted by atomic mass is 9.94. The fourth-order valence-corrected chi connectivity index (χ4v) is 5.59. The van der Waals surface area contributed by atoms with Crippen molar-refractivity contribution in [3.05, 3.63) is 0 Å². The molecule has 0 saturated carbocycles. The summed E-state index contributed by atoms with van der Waals surface area (Å²) in [5.41, 5.74) is -0.481. The number of hydrogen-bond acceptors (Lipinski definition) is 3. The average Bonchev–Trinajstić information content (AvgIpc) is 1.96. The standard InChI is InChI=1S/C12H25NO2S/c1-6-7-8-13-11(2,3)9-16(14,15)10-12(13,4)5/h6-10H2,1-5H3. The molecule has 1 saturated heterocycles. The van der Waals surface area contributed by atoms with Crippen LogP contribution in [0.15, 0.2) is 0 Å². The maximum absolute atomic E-state index is 11.9. The van der Waals surface area contributed by atoms with E-state index in [-0.39, 0.29) is 22.6 Å². The fraction of sp³-hybridized carbons (Fsp3) is 1.00. The molecule has 0 aliphatic carbocycles. The van der Waals surface area contributed by atoms with E-state index in [1.807, 2.05) is 27.7 Å². The van der Waals surface area contributed by atoms with Gasteiger partial charge in [0.2, 0.25) is 0 Å². The Bertz CT molecular complexity index is 320. The summed E-state index contributed by atoms with van der Waals surface area (Å²) in [4.78, 5) is 2.37. The van der Waals surface area contributed by atoms with Gasteiger partial charge in [-0.25, -0.2) is 8.42 Å². The summed E-state index contributed by atoms with van der Waals surface area (Å²) < 4.78 is 23.7. The van der Waals surface area contributed by atoms with Crippen LogP contribution in [-0.2, 0) is 9.84 Å². The first-order valence-corrected chi connectivity index (χ1v) is 7.91. The fourth-order valence-electron chi connectivity index (χ4n) is 3.02. The van der Waals surface area contributed by atoms with E-state index >= 15 is 0 Å². The molecule has 3 nitrogen and oxygen atoms in total. The van der Waals surface area contributed by atoms with Crippen molar-refractivity contribution in [1.82, 2.24) is 4.90 Å². The molecule has 0 spiro atoms. The van der Waals surface area contributed by atoms with Crippen LogP contribution in [0, 0.1) is 0 Å². The molecular formula is C12H25NO2S. The summed E-state index contributed by atoms with van der Waals surface area (Å²) in [6, 6.07) is 0. The highest BCUT2D eigenvalue weighted by atomic mass is 32.2. The third-order valence-electron chi connectivity index (χ3n) is 3.34. The second kappa shape index (κ2) is 4.30. The van der Waals surface area contributed by atoms with E-state index < -0.39 is 9.84 Å². The van der Waals surface area contributed by atoms with E-state index in [0.717, 1.165) is 19.4 Å². The van der Waals surface area contributed by atoms with Crippen LogP contribution in [0.4, 0.5) is 0 Å². The quantitative estimate of drug-likeness (QED) is 0.766. The van der Waals surface area contributed by atoms with Crippen LogP contribution in [0.2, 0.25) is 0 Å². The van der Waals surface area contributed by atoms with Gasteiger partial charge in [0, 0.05) is 11.1 Å². The molecule has 0 aromatic rings. The van der Waals surface area contributed by atoms with Crippen LogP contribution in [0.25, 0.3) is 0 Å². The van der Waals surface area contributed by atoms with E-state index in [1.165, 1.54) is 0 Å². The Labute approximate surface area is 100 Å². The van der Waals surface area contributed by atoms with Crippen molar-refractivity contribution in [2.24, 2.45) is 0 Å². The Morgan fingerprint density at radius 2 is 1.50 bits per heavy atom. The molecule has 0 amide bonds. The van der Waals surface area contributed by atoms with Gasteiger partial charge in [0.05, 0.1) is 11.5 Å². The van der Waals surface area contributed by atoms with Gasteiger partial charge in [0.1, 0.15) is 0 Å². The molecule has 0 radical (unpaired) electrons. The number of sulfone groups is 1. The van der Waals surface area contributed by atoms with Gasteiger partial charge in [-0.15, -0.1) is 0 Å². The third kappa shape index (κ3) is 2.98. The molecule has 1 aliphatic heterocycles. The van der Waals surface area contributed by atoms with Gasteiger partial charge in [0.25, 0.3) is 0 Å². The second-order valence-corrected chi connectivity index (χ2v) is 8.23. The van der Waals surface area contributed by atoms with Crippen LogP contribution in [-0.4, -0.2) is 42.4 Å². The summed E-state index contributed by atoms with van der Waals surface area (Å²) in [5.74, 6) is 0.570. The number of nitrogens with zero attached hydrogens (tertiary/aromatic N) is 1. The Hall–Kier alpha value is -0.0900. The molecule has 0 aromatic carbocycles. The molecular weight excluding hydrogens is 222 g/mol. The highest BCUT2D eigenvalue weighted by Crippen LogP contribution is 2.33. The molecule has 16 heavy (non-hydrogen) atoms. The predicted octanol–water partition coefficient (Wildman–Crippen LogP) is 2.07. The van der Waals surface area contributed by atoms with Crippen molar-refractivity contribution in [3.63, 3.8) is 0 Å². The number of hydrogen-bond donors (Lipinski definition) is 0. The van der Waals surface area contributed by atoms with Crippen molar-refractivity contribution in [2.45, 2.75) is 58.5 Å². The molecule has 1 rings (SSSR count). The minimum Gasteiger partial charge on any atom is -0.291 e. The van der Waals surface area contributed by atoms with Crippen LogP contribution < -0.4 is 0 Å². The molecule has 1 aliphatic rings. The van der Waals surface area contributed by atoms with Gasteiger partial charge in [-0.3, -0.25) is 4.90 Å². The van der Waals surface area contributed by atoms with Crippen LogP contribution >= 0.6 is 0 Å². The monoisotopic (exact) mass is 247 g/mol. The molecule has 0 unspecified atom stereocenters. The van der Waals surface area contributed by atoms with Gasteiger partial charge in [-0.05, 0) is 40.7 Å². The summed E-state index contributed by atoms with van der Waals surface area (Å²) in [7, 11) is -2.90. The zero-order valence-electron chi connectivity index (χ0n) is 11.2. The first-order valence-electron chi connectivity index (χ1n) is 6.09. The highest BCUT2D eigenvalue weighted by Gasteiger charge is 2.47. The van der Waals surface area contributed by atoms with Gasteiger partial charge in [-0.2, -0.15) is 0 Å². The first kappa shape index (κ1) is 14.0. The molecule has 1 fully saturated rings. The number of unbranched alkanes of at least 4 members (excludes halogenated alkanes) is 1. The van der Waals surface area contributed by atoms with Gasteiger partial charge in [-0.1, -0.05) is 13.3 Å². The Morgan fingerprint density at radius 3 is 1.88 bits per heavy atom. The van der Waals surface area contributed by atoms with Crippen LogP contribution in [0.1, 0.15) is 47.5 Å². The van der Waals surface area contributed by atoms with Crippen molar-refractivity contribution in [2.75, 3.05) is 18.1 Å². The lowest BCUT2D eigenvalue weighted by molar-refractivity contribution is 0.0324. The maximum atomic E-state index is 11.9. The smallest absolute Gasteiger partial charge is 0.153 e. The van der Waals surface area contributed by atoms with E-state index in [1.54, 1.807) is 0 Å². The van der Waals surface area contributed by atoms with E-state index in [0.29, 0.717) is 0 Å². The first-order chi connectivity index (χ1) is 7.11. The van der Waals surface area contributed by atoms with E-state index in [9.17, 15) is 8.42 Å². The summed E-state index contributed by atoms with van der Waals surface area (Å²) in [6.45, 7) is 11.3. The largest absolute Gasteiger partial charge is 0.291 e. The highest BCUT2D eigenvalue weighted by molar-refractivity contribution is 7.91. The topological polar surface area (TPSA) is 37.4 Å². The average molecular weight is 247 g/mol. The molecule has 0 aromatic heterocycles. The van der Waals surface area contributed by atoms with Crippen molar-refractivity contribution in [3.8, 4) is 0 Å². The van der Waals surface area contributed by atoms with Crippen molar-refractivity contribution < 1.29 is 8.42 Å². The molecule has 0 bridgehead atoms. The van der Waals surface area contributed by atoms with Gasteiger partial charge >= 0.3 is 0 Å². The lowest BCUT2D eigenvalue weighted by Crippen LogP contribution is -2.65. The molecule has 0 atom stereocenters. The summed E-state index contributed by atoms with van der Waals surface area (Å²) >= 11 is 0. The zero-order valence-corrected chi connectivity index (χ0v) is 12.0. The zero-order chi connectivity index (χ0) is 12.6.